The van der Waals surface area contributed by atoms with E-state index in [1.54, 1.807) is 25.4 Å². The van der Waals surface area contributed by atoms with Crippen molar-refractivity contribution < 1.29 is 22.7 Å². The number of hydrogen-bond acceptors (Lipinski definition) is 8. The Hall–Kier alpha value is -3.28. The van der Waals surface area contributed by atoms with Gasteiger partial charge >= 0.3 is 0 Å². The highest BCUT2D eigenvalue weighted by atomic mass is 32.2. The number of rotatable bonds is 7. The highest BCUT2D eigenvalue weighted by Gasteiger charge is 2.31. The zero-order chi connectivity index (χ0) is 24.5. The second-order valence-electron chi connectivity index (χ2n) is 8.07. The Morgan fingerprint density at radius 2 is 1.88 bits per heavy atom. The molecule has 34 heavy (non-hydrogen) atoms. The number of amides is 2. The number of carbonyl (C=O) groups excluding carboxylic acids is 2. The molecule has 178 valence electrons. The summed E-state index contributed by atoms with van der Waals surface area (Å²) in [6, 6.07) is 10.3. The molecule has 0 aliphatic carbocycles. The first-order valence-electron chi connectivity index (χ1n) is 10.4. The van der Waals surface area contributed by atoms with E-state index < -0.39 is 15.7 Å². The fourth-order valence-corrected chi connectivity index (χ4v) is 5.89. The predicted octanol–water partition coefficient (Wildman–Crippen LogP) is 2.75. The van der Waals surface area contributed by atoms with Crippen molar-refractivity contribution >= 4 is 38.7 Å². The number of likely N-dealkylation sites (N-methyl/N-ethyl adjacent to an activating group) is 1. The zero-order valence-electron chi connectivity index (χ0n) is 18.9. The number of aromatic nitrogens is 1. The van der Waals surface area contributed by atoms with Gasteiger partial charge in [0.05, 0.1) is 27.6 Å². The first-order chi connectivity index (χ1) is 16.2. The minimum atomic E-state index is -3.92. The Kier molecular flexibility index (Phi) is 6.69. The SMILES string of the molecule is CN(C)CCOc1ncc(CN(C)C(=O)c2ccc3c(c2)NC(=O)c2ccccc2S3(=O)=O)s1. The first-order valence-corrected chi connectivity index (χ1v) is 12.7. The van der Waals surface area contributed by atoms with Crippen LogP contribution in [0.15, 0.2) is 58.5 Å². The molecular weight excluding hydrogens is 476 g/mol. The van der Waals surface area contributed by atoms with Crippen LogP contribution in [0, 0.1) is 0 Å². The minimum absolute atomic E-state index is 0.0491. The Morgan fingerprint density at radius 1 is 1.12 bits per heavy atom. The van der Waals surface area contributed by atoms with E-state index in [4.69, 9.17) is 4.74 Å². The molecular formula is C23H24N4O5S2. The van der Waals surface area contributed by atoms with Gasteiger partial charge in [0.2, 0.25) is 9.84 Å². The summed E-state index contributed by atoms with van der Waals surface area (Å²) >= 11 is 1.36. The van der Waals surface area contributed by atoms with Crippen LogP contribution < -0.4 is 10.1 Å². The number of hydrogen-bond donors (Lipinski definition) is 1. The Labute approximate surface area is 201 Å². The van der Waals surface area contributed by atoms with Crippen molar-refractivity contribution in [2.45, 2.75) is 16.3 Å². The zero-order valence-corrected chi connectivity index (χ0v) is 20.6. The van der Waals surface area contributed by atoms with Gasteiger partial charge in [-0.25, -0.2) is 13.4 Å². The number of nitrogens with zero attached hydrogens (tertiary/aromatic N) is 3. The predicted molar refractivity (Wildman–Crippen MR) is 128 cm³/mol. The molecule has 2 heterocycles. The fraction of sp³-hybridized carbons (Fsp3) is 0.261. The lowest BCUT2D eigenvalue weighted by Gasteiger charge is -2.17. The molecule has 0 spiro atoms. The number of benzene rings is 2. The maximum absolute atomic E-state index is 13.1. The van der Waals surface area contributed by atoms with Crippen molar-refractivity contribution in [3.8, 4) is 5.19 Å². The van der Waals surface area contributed by atoms with Crippen LogP contribution in [0.1, 0.15) is 25.6 Å². The van der Waals surface area contributed by atoms with E-state index in [-0.39, 0.29) is 32.5 Å². The van der Waals surface area contributed by atoms with Crippen molar-refractivity contribution in [2.75, 3.05) is 39.6 Å². The number of anilines is 1. The molecule has 2 amide bonds. The summed E-state index contributed by atoms with van der Waals surface area (Å²) in [5, 5.41) is 3.17. The van der Waals surface area contributed by atoms with Gasteiger partial charge in [0.25, 0.3) is 17.0 Å². The number of thiazole rings is 1. The monoisotopic (exact) mass is 500 g/mol. The van der Waals surface area contributed by atoms with Crippen LogP contribution in [0.25, 0.3) is 0 Å². The molecule has 1 N–H and O–H groups in total. The van der Waals surface area contributed by atoms with E-state index in [0.717, 1.165) is 11.4 Å². The van der Waals surface area contributed by atoms with Crippen molar-refractivity contribution in [2.24, 2.45) is 0 Å². The number of fused-ring (bicyclic) bond motifs is 2. The van der Waals surface area contributed by atoms with E-state index in [1.165, 1.54) is 46.6 Å². The molecule has 11 heteroatoms. The van der Waals surface area contributed by atoms with Crippen LogP contribution in [0.3, 0.4) is 0 Å². The molecule has 4 rings (SSSR count). The standard InChI is InChI=1S/C23H24N4O5S2/c1-26(2)10-11-32-23-24-13-16(33-23)14-27(3)22(29)15-8-9-20-18(12-15)25-21(28)17-6-4-5-7-19(17)34(20,30)31/h4-9,12-13H,10-11,14H2,1-3H3,(H,25,28). The lowest BCUT2D eigenvalue weighted by Crippen LogP contribution is -2.26. The smallest absolute Gasteiger partial charge is 0.273 e. The summed E-state index contributed by atoms with van der Waals surface area (Å²) in [6.45, 7) is 1.59. The maximum Gasteiger partial charge on any atom is 0.273 e. The maximum atomic E-state index is 13.1. The number of nitrogens with one attached hydrogen (secondary N) is 1. The third-order valence-electron chi connectivity index (χ3n) is 5.22. The lowest BCUT2D eigenvalue weighted by atomic mass is 10.1. The van der Waals surface area contributed by atoms with Crippen molar-refractivity contribution in [3.05, 3.63) is 64.7 Å². The number of sulfone groups is 1. The minimum Gasteiger partial charge on any atom is -0.469 e. The second-order valence-corrected chi connectivity index (χ2v) is 11.0. The summed E-state index contributed by atoms with van der Waals surface area (Å²) in [6.07, 6.45) is 1.67. The number of ether oxygens (including phenoxy) is 1. The number of carbonyl (C=O) groups is 2. The molecule has 1 aliphatic rings. The third-order valence-corrected chi connectivity index (χ3v) is 7.99. The molecule has 0 saturated carbocycles. The molecule has 9 nitrogen and oxygen atoms in total. The highest BCUT2D eigenvalue weighted by Crippen LogP contribution is 2.34. The Balaban J connectivity index is 1.52. The van der Waals surface area contributed by atoms with Gasteiger partial charge < -0.3 is 19.9 Å². The average Bonchev–Trinajstić information content (AvgIpc) is 3.22. The second kappa shape index (κ2) is 9.53. The molecule has 0 atom stereocenters. The van der Waals surface area contributed by atoms with Gasteiger partial charge in [-0.2, -0.15) is 0 Å². The van der Waals surface area contributed by atoms with Crippen LogP contribution in [0.5, 0.6) is 5.19 Å². The summed E-state index contributed by atoms with van der Waals surface area (Å²) in [7, 11) is 1.64. The van der Waals surface area contributed by atoms with Gasteiger partial charge in [0.15, 0.2) is 0 Å². The summed E-state index contributed by atoms with van der Waals surface area (Å²) in [5.74, 6) is -0.859. The van der Waals surface area contributed by atoms with Gasteiger partial charge in [-0.3, -0.25) is 9.59 Å². The van der Waals surface area contributed by atoms with Crippen molar-refractivity contribution in [3.63, 3.8) is 0 Å². The Morgan fingerprint density at radius 3 is 2.65 bits per heavy atom. The van der Waals surface area contributed by atoms with Gasteiger partial charge in [-0.1, -0.05) is 23.5 Å². The van der Waals surface area contributed by atoms with E-state index in [9.17, 15) is 18.0 Å². The van der Waals surface area contributed by atoms with Crippen molar-refractivity contribution in [1.29, 1.82) is 0 Å². The summed E-state index contributed by atoms with van der Waals surface area (Å²) in [5.41, 5.74) is 0.405. The van der Waals surface area contributed by atoms with Crippen LogP contribution in [-0.4, -0.2) is 69.3 Å². The topological polar surface area (TPSA) is 109 Å². The van der Waals surface area contributed by atoms with Gasteiger partial charge in [0.1, 0.15) is 6.61 Å². The molecule has 0 unspecified atom stereocenters. The van der Waals surface area contributed by atoms with Crippen molar-refractivity contribution in [1.82, 2.24) is 14.8 Å². The first kappa shape index (κ1) is 23.9. The van der Waals surface area contributed by atoms with Gasteiger partial charge in [-0.05, 0) is 44.4 Å². The molecule has 3 aromatic rings. The molecule has 1 aliphatic heterocycles. The van der Waals surface area contributed by atoms with E-state index >= 15 is 0 Å². The Bertz CT molecular complexity index is 1350. The van der Waals surface area contributed by atoms with E-state index in [2.05, 4.69) is 10.3 Å². The normalized spacial score (nSPS) is 14.1. The van der Waals surface area contributed by atoms with E-state index in [0.29, 0.717) is 18.3 Å². The highest BCUT2D eigenvalue weighted by molar-refractivity contribution is 7.91. The van der Waals surface area contributed by atoms with Gasteiger partial charge in [0, 0.05) is 30.2 Å². The largest absolute Gasteiger partial charge is 0.469 e. The average molecular weight is 501 g/mol. The van der Waals surface area contributed by atoms with Crippen LogP contribution in [0.4, 0.5) is 5.69 Å². The molecule has 0 radical (unpaired) electrons. The molecule has 0 fully saturated rings. The van der Waals surface area contributed by atoms with Crippen LogP contribution in [0.2, 0.25) is 0 Å². The fourth-order valence-electron chi connectivity index (χ4n) is 3.46. The molecule has 0 saturated heterocycles. The summed E-state index contributed by atoms with van der Waals surface area (Å²) < 4.78 is 31.9. The van der Waals surface area contributed by atoms with Gasteiger partial charge in [-0.15, -0.1) is 0 Å². The third kappa shape index (κ3) is 4.81. The quantitative estimate of drug-likeness (QED) is 0.531. The summed E-state index contributed by atoms with van der Waals surface area (Å²) in [4.78, 5) is 34.2. The molecule has 1 aromatic heterocycles. The van der Waals surface area contributed by atoms with E-state index in [1.807, 2.05) is 19.0 Å². The van der Waals surface area contributed by atoms with Crippen LogP contribution >= 0.6 is 11.3 Å². The van der Waals surface area contributed by atoms with Crippen LogP contribution in [-0.2, 0) is 16.4 Å². The molecule has 2 aromatic carbocycles. The lowest BCUT2D eigenvalue weighted by molar-refractivity contribution is 0.0786. The molecule has 0 bridgehead atoms.